The van der Waals surface area contributed by atoms with Crippen molar-refractivity contribution >= 4 is 16.2 Å². The Morgan fingerprint density at radius 2 is 2.00 bits per heavy atom. The number of rotatable bonds is 5. The third-order valence-electron chi connectivity index (χ3n) is 2.66. The summed E-state index contributed by atoms with van der Waals surface area (Å²) >= 11 is 0. The monoisotopic (exact) mass is 296 g/mol. The molecular weight excluding hydrogens is 276 g/mol. The Bertz CT molecular complexity index is 402. The number of ether oxygens (including phenoxy) is 2. The van der Waals surface area contributed by atoms with Crippen molar-refractivity contribution in [2.45, 2.75) is 32.2 Å². The first-order valence-electron chi connectivity index (χ1n) is 5.92. The van der Waals surface area contributed by atoms with E-state index in [-0.39, 0.29) is 25.3 Å². The predicted molar refractivity (Wildman–Crippen MR) is 66.5 cm³/mol. The van der Waals surface area contributed by atoms with E-state index in [1.165, 1.54) is 4.31 Å². The maximum atomic E-state index is 12.0. The van der Waals surface area contributed by atoms with Gasteiger partial charge in [0.15, 0.2) is 6.10 Å². The van der Waals surface area contributed by atoms with Crippen molar-refractivity contribution in [3.63, 3.8) is 0 Å². The van der Waals surface area contributed by atoms with Crippen LogP contribution in [0.1, 0.15) is 13.8 Å². The molecule has 0 saturated carbocycles. The predicted octanol–water partition coefficient (Wildman–Crippen LogP) is -1.54. The highest BCUT2D eigenvalue weighted by molar-refractivity contribution is 7.87. The van der Waals surface area contributed by atoms with Gasteiger partial charge in [0.25, 0.3) is 10.2 Å². The average molecular weight is 296 g/mol. The molecule has 1 rings (SSSR count). The average Bonchev–Trinajstić information content (AvgIpc) is 2.33. The Kier molecular flexibility index (Phi) is 5.68. The highest BCUT2D eigenvalue weighted by Crippen LogP contribution is 2.13. The first-order chi connectivity index (χ1) is 8.76. The number of carbonyl (C=O) groups excluding carboxylic acids is 1. The van der Waals surface area contributed by atoms with Crippen molar-refractivity contribution in [2.75, 3.05) is 26.7 Å². The lowest BCUT2D eigenvalue weighted by atomic mass is 10.3. The Morgan fingerprint density at radius 1 is 1.47 bits per heavy atom. The second kappa shape index (κ2) is 6.62. The zero-order valence-electron chi connectivity index (χ0n) is 11.2. The molecule has 1 heterocycles. The van der Waals surface area contributed by atoms with Crippen LogP contribution >= 0.6 is 0 Å². The first kappa shape index (κ1) is 16.3. The molecule has 112 valence electrons. The SMILES string of the molecule is COC(=O)C(O)CNS(=O)(=O)N1CC(C)OC(C)C1. The van der Waals surface area contributed by atoms with Gasteiger partial charge < -0.3 is 14.6 Å². The molecule has 3 atom stereocenters. The molecule has 1 aliphatic rings. The standard InChI is InChI=1S/C10H20N2O6S/c1-7-5-12(6-8(2)18-7)19(15,16)11-4-9(13)10(14)17-3/h7-9,11,13H,4-6H2,1-3H3. The van der Waals surface area contributed by atoms with Gasteiger partial charge in [-0.2, -0.15) is 17.4 Å². The van der Waals surface area contributed by atoms with Crippen LogP contribution in [-0.4, -0.2) is 68.9 Å². The molecule has 0 aromatic rings. The number of carbonyl (C=O) groups is 1. The van der Waals surface area contributed by atoms with Crippen LogP contribution in [0.5, 0.6) is 0 Å². The van der Waals surface area contributed by atoms with E-state index in [0.29, 0.717) is 0 Å². The Hall–Kier alpha value is -0.740. The molecule has 0 bridgehead atoms. The van der Waals surface area contributed by atoms with E-state index in [4.69, 9.17) is 4.74 Å². The van der Waals surface area contributed by atoms with Crippen LogP contribution in [0.3, 0.4) is 0 Å². The zero-order valence-corrected chi connectivity index (χ0v) is 12.0. The van der Waals surface area contributed by atoms with Gasteiger partial charge in [-0.25, -0.2) is 4.79 Å². The third kappa shape index (κ3) is 4.69. The number of morpholine rings is 1. The van der Waals surface area contributed by atoms with Crippen molar-refractivity contribution in [3.8, 4) is 0 Å². The van der Waals surface area contributed by atoms with E-state index in [9.17, 15) is 18.3 Å². The summed E-state index contributed by atoms with van der Waals surface area (Å²) in [5, 5.41) is 9.34. The fourth-order valence-corrected chi connectivity index (χ4v) is 3.19. The quantitative estimate of drug-likeness (QED) is 0.596. The van der Waals surface area contributed by atoms with E-state index >= 15 is 0 Å². The second-order valence-corrected chi connectivity index (χ2v) is 6.22. The third-order valence-corrected chi connectivity index (χ3v) is 4.17. The van der Waals surface area contributed by atoms with Crippen LogP contribution in [0.25, 0.3) is 0 Å². The number of methoxy groups -OCH3 is 1. The van der Waals surface area contributed by atoms with Gasteiger partial charge in [-0.1, -0.05) is 0 Å². The van der Waals surface area contributed by atoms with E-state index in [1.807, 2.05) is 0 Å². The summed E-state index contributed by atoms with van der Waals surface area (Å²) in [5.74, 6) is -0.883. The topological polar surface area (TPSA) is 105 Å². The van der Waals surface area contributed by atoms with Crippen LogP contribution < -0.4 is 4.72 Å². The lowest BCUT2D eigenvalue weighted by molar-refractivity contribution is -0.149. The minimum atomic E-state index is -3.75. The van der Waals surface area contributed by atoms with Crippen molar-refractivity contribution in [1.82, 2.24) is 9.03 Å². The lowest BCUT2D eigenvalue weighted by Crippen LogP contribution is -2.53. The van der Waals surface area contributed by atoms with Crippen molar-refractivity contribution < 1.29 is 27.8 Å². The van der Waals surface area contributed by atoms with E-state index < -0.39 is 28.8 Å². The first-order valence-corrected chi connectivity index (χ1v) is 7.36. The minimum absolute atomic E-state index is 0.203. The molecule has 1 fully saturated rings. The summed E-state index contributed by atoms with van der Waals surface area (Å²) in [4.78, 5) is 11.0. The zero-order chi connectivity index (χ0) is 14.6. The van der Waals surface area contributed by atoms with Crippen molar-refractivity contribution in [1.29, 1.82) is 0 Å². The highest BCUT2D eigenvalue weighted by Gasteiger charge is 2.31. The molecule has 8 nitrogen and oxygen atoms in total. The second-order valence-electron chi connectivity index (χ2n) is 4.47. The Balaban J connectivity index is 2.58. The van der Waals surface area contributed by atoms with Gasteiger partial charge in [0.05, 0.1) is 19.3 Å². The molecular formula is C10H20N2O6S. The number of nitrogens with one attached hydrogen (secondary N) is 1. The smallest absolute Gasteiger partial charge is 0.336 e. The molecule has 3 unspecified atom stereocenters. The number of hydrogen-bond donors (Lipinski definition) is 2. The summed E-state index contributed by atoms with van der Waals surface area (Å²) in [6.45, 7) is 3.60. The number of aliphatic hydroxyl groups is 1. The molecule has 1 saturated heterocycles. The largest absolute Gasteiger partial charge is 0.467 e. The minimum Gasteiger partial charge on any atom is -0.467 e. The summed E-state index contributed by atoms with van der Waals surface area (Å²) in [5.41, 5.74) is 0. The van der Waals surface area contributed by atoms with Gasteiger partial charge >= 0.3 is 5.97 Å². The van der Waals surface area contributed by atoms with Gasteiger partial charge in [-0.05, 0) is 13.8 Å². The van der Waals surface area contributed by atoms with E-state index in [1.54, 1.807) is 13.8 Å². The van der Waals surface area contributed by atoms with Gasteiger partial charge in [0.2, 0.25) is 0 Å². The van der Waals surface area contributed by atoms with Crippen LogP contribution in [0.15, 0.2) is 0 Å². The fourth-order valence-electron chi connectivity index (χ4n) is 1.82. The van der Waals surface area contributed by atoms with E-state index in [2.05, 4.69) is 9.46 Å². The fraction of sp³-hybridized carbons (Fsp3) is 0.900. The summed E-state index contributed by atoms with van der Waals surface area (Å²) < 4.78 is 37.1. The molecule has 0 aromatic heterocycles. The van der Waals surface area contributed by atoms with Crippen LogP contribution in [0.2, 0.25) is 0 Å². The Labute approximate surface area is 112 Å². The van der Waals surface area contributed by atoms with Gasteiger partial charge in [-0.15, -0.1) is 0 Å². The van der Waals surface area contributed by atoms with E-state index in [0.717, 1.165) is 7.11 Å². The molecule has 0 amide bonds. The molecule has 1 aliphatic heterocycles. The molecule has 9 heteroatoms. The van der Waals surface area contributed by atoms with Crippen LogP contribution in [-0.2, 0) is 24.5 Å². The maximum absolute atomic E-state index is 12.0. The van der Waals surface area contributed by atoms with Gasteiger partial charge in [0, 0.05) is 19.6 Å². The van der Waals surface area contributed by atoms with Crippen molar-refractivity contribution in [2.24, 2.45) is 0 Å². The van der Waals surface area contributed by atoms with Gasteiger partial charge in [-0.3, -0.25) is 0 Å². The molecule has 0 aromatic carbocycles. The molecule has 19 heavy (non-hydrogen) atoms. The lowest BCUT2D eigenvalue weighted by Gasteiger charge is -2.34. The summed E-state index contributed by atoms with van der Waals surface area (Å²) in [6.07, 6.45) is -1.92. The molecule has 0 aliphatic carbocycles. The van der Waals surface area contributed by atoms with Crippen LogP contribution in [0, 0.1) is 0 Å². The van der Waals surface area contributed by atoms with Crippen LogP contribution in [0.4, 0.5) is 0 Å². The molecule has 0 radical (unpaired) electrons. The molecule has 0 spiro atoms. The van der Waals surface area contributed by atoms with Gasteiger partial charge in [0.1, 0.15) is 0 Å². The number of nitrogens with zero attached hydrogens (tertiary/aromatic N) is 1. The summed E-state index contributed by atoms with van der Waals surface area (Å²) in [7, 11) is -2.63. The summed E-state index contributed by atoms with van der Waals surface area (Å²) in [6, 6.07) is 0. The maximum Gasteiger partial charge on any atom is 0.336 e. The number of hydrogen-bond acceptors (Lipinski definition) is 6. The van der Waals surface area contributed by atoms with Crippen molar-refractivity contribution in [3.05, 3.63) is 0 Å². The Morgan fingerprint density at radius 3 is 2.47 bits per heavy atom. The molecule has 2 N–H and O–H groups in total. The highest BCUT2D eigenvalue weighted by atomic mass is 32.2. The number of aliphatic hydroxyl groups excluding tert-OH is 1. The normalized spacial score (nSPS) is 26.9. The number of esters is 1.